The molecule has 0 bridgehead atoms. The molecule has 1 aliphatic heterocycles. The molecule has 122 valence electrons. The van der Waals surface area contributed by atoms with Crippen molar-refractivity contribution < 1.29 is 24.1 Å². The predicted octanol–water partition coefficient (Wildman–Crippen LogP) is 2.96. The monoisotopic (exact) mass is 316 g/mol. The number of phenolic OH excluding ortho intramolecular Hbond substituents is 1. The van der Waals surface area contributed by atoms with Crippen LogP contribution in [0.3, 0.4) is 0 Å². The Kier molecular flexibility index (Phi) is 4.19. The maximum absolute atomic E-state index is 9.89. The van der Waals surface area contributed by atoms with Crippen LogP contribution in [0, 0.1) is 0 Å². The number of methoxy groups -OCH3 is 3. The maximum atomic E-state index is 9.89. The first-order valence-electron chi connectivity index (χ1n) is 7.42. The van der Waals surface area contributed by atoms with E-state index < -0.39 is 0 Å². The standard InChI is InChI=1S/C18H20O5/c1-20-15-6-4-11(9-14(15)19)8-13-10-12-5-7-16(21-2)18(22-3)17(12)23-13/h4-7,9,13,19H,8,10H2,1-3H3. The van der Waals surface area contributed by atoms with Crippen LogP contribution in [0.4, 0.5) is 0 Å². The van der Waals surface area contributed by atoms with E-state index in [0.29, 0.717) is 23.7 Å². The van der Waals surface area contributed by atoms with E-state index in [0.717, 1.165) is 23.3 Å². The van der Waals surface area contributed by atoms with Crippen LogP contribution >= 0.6 is 0 Å². The van der Waals surface area contributed by atoms with Crippen molar-refractivity contribution in [3.05, 3.63) is 41.5 Å². The molecule has 2 aromatic rings. The van der Waals surface area contributed by atoms with Gasteiger partial charge in [0.1, 0.15) is 6.10 Å². The summed E-state index contributed by atoms with van der Waals surface area (Å²) in [7, 11) is 4.75. The van der Waals surface area contributed by atoms with Crippen molar-refractivity contribution in [2.75, 3.05) is 21.3 Å². The summed E-state index contributed by atoms with van der Waals surface area (Å²) >= 11 is 0. The molecule has 0 aromatic heterocycles. The first kappa shape index (κ1) is 15.3. The van der Waals surface area contributed by atoms with Crippen molar-refractivity contribution in [3.63, 3.8) is 0 Å². The molecule has 23 heavy (non-hydrogen) atoms. The molecule has 0 saturated carbocycles. The van der Waals surface area contributed by atoms with Crippen molar-refractivity contribution in [2.45, 2.75) is 18.9 Å². The molecule has 0 saturated heterocycles. The van der Waals surface area contributed by atoms with Crippen molar-refractivity contribution in [3.8, 4) is 28.7 Å². The van der Waals surface area contributed by atoms with E-state index in [1.165, 1.54) is 7.11 Å². The van der Waals surface area contributed by atoms with Crippen molar-refractivity contribution >= 4 is 0 Å². The highest BCUT2D eigenvalue weighted by Gasteiger charge is 2.28. The van der Waals surface area contributed by atoms with Gasteiger partial charge in [0.15, 0.2) is 23.0 Å². The zero-order valence-electron chi connectivity index (χ0n) is 13.5. The van der Waals surface area contributed by atoms with E-state index in [2.05, 4.69) is 0 Å². The predicted molar refractivity (Wildman–Crippen MR) is 86.0 cm³/mol. The Labute approximate surface area is 135 Å². The van der Waals surface area contributed by atoms with Gasteiger partial charge in [0.25, 0.3) is 0 Å². The lowest BCUT2D eigenvalue weighted by atomic mass is 10.0. The quantitative estimate of drug-likeness (QED) is 0.919. The first-order valence-corrected chi connectivity index (χ1v) is 7.42. The molecule has 5 heteroatoms. The summed E-state index contributed by atoms with van der Waals surface area (Å²) < 4.78 is 21.8. The normalized spacial score (nSPS) is 15.7. The smallest absolute Gasteiger partial charge is 0.203 e. The molecular formula is C18H20O5. The lowest BCUT2D eigenvalue weighted by Gasteiger charge is -2.14. The molecular weight excluding hydrogens is 296 g/mol. The van der Waals surface area contributed by atoms with Crippen LogP contribution in [-0.2, 0) is 12.8 Å². The lowest BCUT2D eigenvalue weighted by Crippen LogP contribution is -2.16. The third kappa shape index (κ3) is 2.86. The highest BCUT2D eigenvalue weighted by molar-refractivity contribution is 5.57. The van der Waals surface area contributed by atoms with Gasteiger partial charge in [-0.3, -0.25) is 0 Å². The Hall–Kier alpha value is -2.56. The van der Waals surface area contributed by atoms with Gasteiger partial charge in [-0.1, -0.05) is 12.1 Å². The summed E-state index contributed by atoms with van der Waals surface area (Å²) in [4.78, 5) is 0. The van der Waals surface area contributed by atoms with Gasteiger partial charge in [-0.2, -0.15) is 0 Å². The van der Waals surface area contributed by atoms with Gasteiger partial charge in [-0.05, 0) is 23.8 Å². The van der Waals surface area contributed by atoms with Crippen molar-refractivity contribution in [1.82, 2.24) is 0 Å². The lowest BCUT2D eigenvalue weighted by molar-refractivity contribution is 0.221. The minimum absolute atomic E-state index is 0.00111. The summed E-state index contributed by atoms with van der Waals surface area (Å²) in [6, 6.07) is 9.30. The molecule has 1 N–H and O–H groups in total. The number of fused-ring (bicyclic) bond motifs is 1. The van der Waals surface area contributed by atoms with Gasteiger partial charge in [0, 0.05) is 18.4 Å². The minimum Gasteiger partial charge on any atom is -0.504 e. The second kappa shape index (κ2) is 6.28. The molecule has 1 atom stereocenters. The van der Waals surface area contributed by atoms with Gasteiger partial charge in [-0.25, -0.2) is 0 Å². The molecule has 5 nitrogen and oxygen atoms in total. The van der Waals surface area contributed by atoms with E-state index in [-0.39, 0.29) is 11.9 Å². The van der Waals surface area contributed by atoms with Crippen LogP contribution in [0.5, 0.6) is 28.7 Å². The number of hydrogen-bond donors (Lipinski definition) is 1. The average molecular weight is 316 g/mol. The molecule has 3 rings (SSSR count). The molecule has 0 radical (unpaired) electrons. The van der Waals surface area contributed by atoms with Crippen LogP contribution in [-0.4, -0.2) is 32.5 Å². The maximum Gasteiger partial charge on any atom is 0.203 e. The highest BCUT2D eigenvalue weighted by Crippen LogP contribution is 2.44. The third-order valence-electron chi connectivity index (χ3n) is 4.02. The van der Waals surface area contributed by atoms with Gasteiger partial charge in [0.2, 0.25) is 5.75 Å². The number of benzene rings is 2. The summed E-state index contributed by atoms with van der Waals surface area (Å²) in [5.74, 6) is 2.64. The molecule has 1 unspecified atom stereocenters. The van der Waals surface area contributed by atoms with Gasteiger partial charge in [-0.15, -0.1) is 0 Å². The Balaban J connectivity index is 1.78. The summed E-state index contributed by atoms with van der Waals surface area (Å²) in [6.45, 7) is 0. The van der Waals surface area contributed by atoms with Crippen LogP contribution in [0.2, 0.25) is 0 Å². The average Bonchev–Trinajstić information content (AvgIpc) is 2.96. The number of phenols is 1. The number of aromatic hydroxyl groups is 1. The molecule has 1 aliphatic rings. The van der Waals surface area contributed by atoms with Crippen molar-refractivity contribution in [1.29, 1.82) is 0 Å². The van der Waals surface area contributed by atoms with E-state index in [4.69, 9.17) is 18.9 Å². The fourth-order valence-corrected chi connectivity index (χ4v) is 2.92. The molecule has 1 heterocycles. The Morgan fingerprint density at radius 1 is 1.04 bits per heavy atom. The van der Waals surface area contributed by atoms with Gasteiger partial charge < -0.3 is 24.1 Å². The molecule has 0 spiro atoms. The van der Waals surface area contributed by atoms with Crippen LogP contribution in [0.15, 0.2) is 30.3 Å². The van der Waals surface area contributed by atoms with Gasteiger partial charge in [0.05, 0.1) is 21.3 Å². The van der Waals surface area contributed by atoms with E-state index in [9.17, 15) is 5.11 Å². The summed E-state index contributed by atoms with van der Waals surface area (Å²) in [5, 5.41) is 9.89. The molecule has 2 aromatic carbocycles. The Morgan fingerprint density at radius 3 is 2.43 bits per heavy atom. The molecule has 0 fully saturated rings. The summed E-state index contributed by atoms with van der Waals surface area (Å²) in [5.41, 5.74) is 2.09. The number of rotatable bonds is 5. The Morgan fingerprint density at radius 2 is 1.78 bits per heavy atom. The minimum atomic E-state index is -0.00111. The zero-order chi connectivity index (χ0) is 16.4. The van der Waals surface area contributed by atoms with E-state index >= 15 is 0 Å². The van der Waals surface area contributed by atoms with Crippen LogP contribution in [0.1, 0.15) is 11.1 Å². The third-order valence-corrected chi connectivity index (χ3v) is 4.02. The molecule has 0 aliphatic carbocycles. The van der Waals surface area contributed by atoms with Crippen LogP contribution in [0.25, 0.3) is 0 Å². The first-order chi connectivity index (χ1) is 11.2. The second-order valence-corrected chi connectivity index (χ2v) is 5.44. The van der Waals surface area contributed by atoms with E-state index in [1.807, 2.05) is 18.2 Å². The van der Waals surface area contributed by atoms with Crippen molar-refractivity contribution in [2.24, 2.45) is 0 Å². The fourth-order valence-electron chi connectivity index (χ4n) is 2.92. The second-order valence-electron chi connectivity index (χ2n) is 5.44. The van der Waals surface area contributed by atoms with Gasteiger partial charge >= 0.3 is 0 Å². The fraction of sp³-hybridized carbons (Fsp3) is 0.333. The van der Waals surface area contributed by atoms with Crippen LogP contribution < -0.4 is 18.9 Å². The topological polar surface area (TPSA) is 57.2 Å². The SMILES string of the molecule is COc1ccc(CC2Cc3ccc(OC)c(OC)c3O2)cc1O. The Bertz CT molecular complexity index is 711. The summed E-state index contributed by atoms with van der Waals surface area (Å²) in [6.07, 6.45) is 1.49. The molecule has 0 amide bonds. The van der Waals surface area contributed by atoms with E-state index in [1.54, 1.807) is 26.4 Å². The number of ether oxygens (including phenoxy) is 4. The largest absolute Gasteiger partial charge is 0.504 e. The zero-order valence-corrected chi connectivity index (χ0v) is 13.5. The number of hydrogen-bond acceptors (Lipinski definition) is 5. The highest BCUT2D eigenvalue weighted by atomic mass is 16.5.